The third-order valence-electron chi connectivity index (χ3n) is 3.87. The smallest absolute Gasteiger partial charge is 0.0569 e. The Kier molecular flexibility index (Phi) is 4.00. The number of rotatable bonds is 4. The Bertz CT molecular complexity index is 179. The third kappa shape index (κ3) is 2.92. The van der Waals surface area contributed by atoms with Crippen LogP contribution in [-0.4, -0.2) is 32.3 Å². The molecule has 0 radical (unpaired) electrons. The zero-order valence-electron chi connectivity index (χ0n) is 9.63. The molecule has 0 unspecified atom stereocenters. The SMILES string of the molecule is NCC1(CNC2CCCCCC2)COC1. The first-order valence-corrected chi connectivity index (χ1v) is 6.36. The van der Waals surface area contributed by atoms with Crippen molar-refractivity contribution in [3.63, 3.8) is 0 Å². The van der Waals surface area contributed by atoms with Crippen molar-refractivity contribution >= 4 is 0 Å². The Morgan fingerprint density at radius 3 is 2.27 bits per heavy atom. The van der Waals surface area contributed by atoms with Gasteiger partial charge in [-0.15, -0.1) is 0 Å². The van der Waals surface area contributed by atoms with Gasteiger partial charge in [0.1, 0.15) is 0 Å². The van der Waals surface area contributed by atoms with E-state index in [0.717, 1.165) is 32.3 Å². The summed E-state index contributed by atoms with van der Waals surface area (Å²) in [5.41, 5.74) is 6.05. The molecule has 0 bridgehead atoms. The molecule has 2 aliphatic rings. The van der Waals surface area contributed by atoms with Crippen molar-refractivity contribution in [2.75, 3.05) is 26.3 Å². The van der Waals surface area contributed by atoms with E-state index in [1.807, 2.05) is 0 Å². The lowest BCUT2D eigenvalue weighted by atomic mass is 9.85. The first-order valence-electron chi connectivity index (χ1n) is 6.36. The summed E-state index contributed by atoms with van der Waals surface area (Å²) in [5, 5.41) is 3.70. The second-order valence-corrected chi connectivity index (χ2v) is 5.27. The minimum atomic E-state index is 0.256. The molecule has 1 heterocycles. The minimum Gasteiger partial charge on any atom is -0.380 e. The minimum absolute atomic E-state index is 0.256. The zero-order chi connectivity index (χ0) is 10.6. The molecule has 3 nitrogen and oxygen atoms in total. The maximum absolute atomic E-state index is 5.80. The van der Waals surface area contributed by atoms with Crippen LogP contribution in [0.2, 0.25) is 0 Å². The number of hydrogen-bond acceptors (Lipinski definition) is 3. The summed E-state index contributed by atoms with van der Waals surface area (Å²) in [7, 11) is 0. The van der Waals surface area contributed by atoms with Crippen molar-refractivity contribution in [1.82, 2.24) is 5.32 Å². The molecule has 0 amide bonds. The molecule has 0 aromatic rings. The van der Waals surface area contributed by atoms with Gasteiger partial charge in [-0.25, -0.2) is 0 Å². The third-order valence-corrected chi connectivity index (χ3v) is 3.87. The van der Waals surface area contributed by atoms with Gasteiger partial charge in [0, 0.05) is 24.5 Å². The van der Waals surface area contributed by atoms with Crippen LogP contribution in [0.3, 0.4) is 0 Å². The van der Waals surface area contributed by atoms with Crippen molar-refractivity contribution in [1.29, 1.82) is 0 Å². The van der Waals surface area contributed by atoms with E-state index in [9.17, 15) is 0 Å². The summed E-state index contributed by atoms with van der Waals surface area (Å²) in [6, 6.07) is 0.733. The fourth-order valence-corrected chi connectivity index (χ4v) is 2.53. The van der Waals surface area contributed by atoms with Crippen LogP contribution in [-0.2, 0) is 4.74 Å². The molecule has 88 valence electrons. The maximum Gasteiger partial charge on any atom is 0.0569 e. The lowest BCUT2D eigenvalue weighted by Crippen LogP contribution is -2.55. The van der Waals surface area contributed by atoms with E-state index >= 15 is 0 Å². The fourth-order valence-electron chi connectivity index (χ4n) is 2.53. The molecule has 3 N–H and O–H groups in total. The molecule has 1 aliphatic carbocycles. The Balaban J connectivity index is 1.71. The molecule has 1 saturated carbocycles. The molecule has 0 aromatic heterocycles. The maximum atomic E-state index is 5.80. The van der Waals surface area contributed by atoms with Gasteiger partial charge in [0.25, 0.3) is 0 Å². The van der Waals surface area contributed by atoms with Crippen molar-refractivity contribution in [2.45, 2.75) is 44.6 Å². The largest absolute Gasteiger partial charge is 0.380 e. The molecule has 2 rings (SSSR count). The number of nitrogens with one attached hydrogen (secondary N) is 1. The van der Waals surface area contributed by atoms with Gasteiger partial charge in [-0.3, -0.25) is 0 Å². The van der Waals surface area contributed by atoms with Gasteiger partial charge in [-0.2, -0.15) is 0 Å². The molecule has 0 aromatic carbocycles. The van der Waals surface area contributed by atoms with Gasteiger partial charge in [-0.1, -0.05) is 25.7 Å². The van der Waals surface area contributed by atoms with Gasteiger partial charge in [0.2, 0.25) is 0 Å². The average Bonchev–Trinajstić information content (AvgIpc) is 2.45. The summed E-state index contributed by atoms with van der Waals surface area (Å²) in [6.45, 7) is 3.51. The van der Waals surface area contributed by atoms with Gasteiger partial charge < -0.3 is 15.8 Å². The number of ether oxygens (including phenoxy) is 1. The quantitative estimate of drug-likeness (QED) is 0.690. The lowest BCUT2D eigenvalue weighted by molar-refractivity contribution is -0.106. The van der Waals surface area contributed by atoms with Crippen LogP contribution < -0.4 is 11.1 Å². The highest BCUT2D eigenvalue weighted by atomic mass is 16.5. The van der Waals surface area contributed by atoms with Crippen LogP contribution in [0, 0.1) is 5.41 Å². The summed E-state index contributed by atoms with van der Waals surface area (Å²) < 4.78 is 5.27. The monoisotopic (exact) mass is 212 g/mol. The van der Waals surface area contributed by atoms with Crippen LogP contribution in [0.1, 0.15) is 38.5 Å². The predicted octanol–water partition coefficient (Wildman–Crippen LogP) is 1.27. The molecule has 15 heavy (non-hydrogen) atoms. The van der Waals surface area contributed by atoms with E-state index in [-0.39, 0.29) is 5.41 Å². The zero-order valence-corrected chi connectivity index (χ0v) is 9.63. The molecule has 2 fully saturated rings. The van der Waals surface area contributed by atoms with Crippen LogP contribution in [0.15, 0.2) is 0 Å². The van der Waals surface area contributed by atoms with Crippen molar-refractivity contribution < 1.29 is 4.74 Å². The van der Waals surface area contributed by atoms with Crippen LogP contribution in [0.4, 0.5) is 0 Å². The predicted molar refractivity (Wildman–Crippen MR) is 61.8 cm³/mol. The second-order valence-electron chi connectivity index (χ2n) is 5.27. The van der Waals surface area contributed by atoms with E-state index in [1.165, 1.54) is 38.5 Å². The highest BCUT2D eigenvalue weighted by molar-refractivity contribution is 4.89. The molecule has 0 spiro atoms. The van der Waals surface area contributed by atoms with Gasteiger partial charge in [0.05, 0.1) is 13.2 Å². The molecule has 1 saturated heterocycles. The summed E-state index contributed by atoms with van der Waals surface area (Å²) in [4.78, 5) is 0. The van der Waals surface area contributed by atoms with Gasteiger partial charge in [-0.05, 0) is 12.8 Å². The van der Waals surface area contributed by atoms with Crippen LogP contribution in [0.25, 0.3) is 0 Å². The molecular weight excluding hydrogens is 188 g/mol. The first kappa shape index (κ1) is 11.4. The first-order chi connectivity index (χ1) is 7.35. The van der Waals surface area contributed by atoms with Crippen LogP contribution in [0.5, 0.6) is 0 Å². The summed E-state index contributed by atoms with van der Waals surface area (Å²) >= 11 is 0. The fraction of sp³-hybridized carbons (Fsp3) is 1.00. The molecule has 3 heteroatoms. The van der Waals surface area contributed by atoms with E-state index in [4.69, 9.17) is 10.5 Å². The highest BCUT2D eigenvalue weighted by Crippen LogP contribution is 2.26. The molecule has 0 atom stereocenters. The van der Waals surface area contributed by atoms with Crippen LogP contribution >= 0.6 is 0 Å². The Morgan fingerprint density at radius 1 is 1.13 bits per heavy atom. The summed E-state index contributed by atoms with van der Waals surface area (Å²) in [5.74, 6) is 0. The Labute approximate surface area is 92.7 Å². The van der Waals surface area contributed by atoms with Crippen molar-refractivity contribution in [2.24, 2.45) is 11.1 Å². The normalized spacial score (nSPS) is 27.0. The van der Waals surface area contributed by atoms with E-state index in [1.54, 1.807) is 0 Å². The summed E-state index contributed by atoms with van der Waals surface area (Å²) in [6.07, 6.45) is 8.32. The standard InChI is InChI=1S/C12H24N2O/c13-7-12(9-15-10-12)8-14-11-5-3-1-2-4-6-11/h11,14H,1-10,13H2. The van der Waals surface area contributed by atoms with Crippen molar-refractivity contribution in [3.05, 3.63) is 0 Å². The number of hydrogen-bond donors (Lipinski definition) is 2. The Hall–Kier alpha value is -0.120. The van der Waals surface area contributed by atoms with E-state index in [0.29, 0.717) is 0 Å². The average molecular weight is 212 g/mol. The second kappa shape index (κ2) is 5.28. The van der Waals surface area contributed by atoms with Crippen molar-refractivity contribution in [3.8, 4) is 0 Å². The van der Waals surface area contributed by atoms with Gasteiger partial charge >= 0.3 is 0 Å². The Morgan fingerprint density at radius 2 is 1.80 bits per heavy atom. The van der Waals surface area contributed by atoms with Gasteiger partial charge in [0.15, 0.2) is 0 Å². The van der Waals surface area contributed by atoms with E-state index < -0.39 is 0 Å². The number of nitrogens with two attached hydrogens (primary N) is 1. The molecular formula is C12H24N2O. The topological polar surface area (TPSA) is 47.3 Å². The molecule has 1 aliphatic heterocycles. The van der Waals surface area contributed by atoms with E-state index in [2.05, 4.69) is 5.32 Å². The highest BCUT2D eigenvalue weighted by Gasteiger charge is 2.37. The lowest BCUT2D eigenvalue weighted by Gasteiger charge is -2.41.